The van der Waals surface area contributed by atoms with Crippen LogP contribution in [0.5, 0.6) is 0 Å². The second-order valence-electron chi connectivity index (χ2n) is 11.6. The van der Waals surface area contributed by atoms with Crippen LogP contribution < -0.4 is 0 Å². The predicted molar refractivity (Wildman–Crippen MR) is 135 cm³/mol. The Balaban J connectivity index is 1.62. The summed E-state index contributed by atoms with van der Waals surface area (Å²) >= 11 is 0. The van der Waals surface area contributed by atoms with Crippen LogP contribution in [0.15, 0.2) is 41.6 Å². The highest BCUT2D eigenvalue weighted by Crippen LogP contribution is 2.57. The van der Waals surface area contributed by atoms with Crippen molar-refractivity contribution in [2.24, 2.45) is 5.92 Å². The quantitative estimate of drug-likeness (QED) is 0.304. The minimum atomic E-state index is -2.16. The molecular formula is C27H37NO7Si. The standard InChI is InChI=1S/C27H37NO7Si/c1-16(35-36(7,8)26(3,4)5)21-23-27(6)19(14-20(34-27)33-17(2)29)22(28(23)24(21)30)25(31)32-15-18-12-10-9-11-13-18/h9-13,16,20-21,23H,14-15H2,1-8H3/t16-,20+,21-,23+,27+/m1/s1. The largest absolute Gasteiger partial charge is 0.456 e. The number of ether oxygens (including phenoxy) is 3. The molecule has 0 unspecified atom stereocenters. The summed E-state index contributed by atoms with van der Waals surface area (Å²) in [6, 6.07) is 8.92. The first kappa shape index (κ1) is 26.6. The van der Waals surface area contributed by atoms with Gasteiger partial charge in [-0.3, -0.25) is 14.5 Å². The van der Waals surface area contributed by atoms with Crippen molar-refractivity contribution in [1.82, 2.24) is 4.90 Å². The molecule has 4 rings (SSSR count). The van der Waals surface area contributed by atoms with E-state index in [1.165, 1.54) is 11.8 Å². The second kappa shape index (κ2) is 9.11. The summed E-state index contributed by atoms with van der Waals surface area (Å²) in [4.78, 5) is 40.0. The summed E-state index contributed by atoms with van der Waals surface area (Å²) in [7, 11) is -2.16. The molecule has 0 radical (unpaired) electrons. The Bertz CT molecular complexity index is 1090. The minimum Gasteiger partial charge on any atom is -0.456 e. The van der Waals surface area contributed by atoms with Crippen molar-refractivity contribution in [2.75, 3.05) is 0 Å². The van der Waals surface area contributed by atoms with Crippen molar-refractivity contribution in [1.29, 1.82) is 0 Å². The third-order valence-electron chi connectivity index (χ3n) is 8.07. The molecule has 1 aromatic carbocycles. The van der Waals surface area contributed by atoms with Crippen LogP contribution in [0.2, 0.25) is 18.1 Å². The van der Waals surface area contributed by atoms with E-state index in [2.05, 4.69) is 33.9 Å². The number of amides is 1. The molecule has 5 atom stereocenters. The highest BCUT2D eigenvalue weighted by atomic mass is 28.4. The molecular weight excluding hydrogens is 478 g/mol. The maximum Gasteiger partial charge on any atom is 0.355 e. The number of β-lactam (4-membered cyclic amide) rings is 1. The molecule has 0 aromatic heterocycles. The SMILES string of the molecule is CC(=O)O[C@@H]1CC2=C(C(=O)OCc3ccccc3)N3C(=O)[C@H]([C@@H](C)O[Si](C)(C)C(C)(C)C)[C@H]3[C@@]2(C)O1. The van der Waals surface area contributed by atoms with Crippen LogP contribution in [0.4, 0.5) is 0 Å². The Morgan fingerprint density at radius 2 is 1.86 bits per heavy atom. The number of carbonyl (C=O) groups excluding carboxylic acids is 3. The van der Waals surface area contributed by atoms with Crippen molar-refractivity contribution in [3.8, 4) is 0 Å². The fourth-order valence-corrected chi connectivity index (χ4v) is 6.70. The van der Waals surface area contributed by atoms with E-state index in [1.54, 1.807) is 0 Å². The lowest BCUT2D eigenvalue weighted by atomic mass is 9.75. The van der Waals surface area contributed by atoms with Gasteiger partial charge in [0.25, 0.3) is 0 Å². The summed E-state index contributed by atoms with van der Waals surface area (Å²) < 4.78 is 23.8. The summed E-state index contributed by atoms with van der Waals surface area (Å²) in [5, 5.41) is -0.0204. The van der Waals surface area contributed by atoms with E-state index < -0.39 is 44.1 Å². The number of esters is 2. The van der Waals surface area contributed by atoms with Gasteiger partial charge in [0, 0.05) is 18.9 Å². The number of nitrogens with zero attached hydrogens (tertiary/aromatic N) is 1. The van der Waals surface area contributed by atoms with Gasteiger partial charge in [0.15, 0.2) is 8.32 Å². The molecule has 2 saturated heterocycles. The molecule has 0 bridgehead atoms. The van der Waals surface area contributed by atoms with Gasteiger partial charge in [-0.2, -0.15) is 0 Å². The Hall–Kier alpha value is -2.49. The fraction of sp³-hybridized carbons (Fsp3) is 0.593. The molecule has 0 aliphatic carbocycles. The van der Waals surface area contributed by atoms with Gasteiger partial charge in [-0.05, 0) is 37.5 Å². The first-order chi connectivity index (χ1) is 16.7. The third-order valence-corrected chi connectivity index (χ3v) is 12.6. The zero-order valence-electron chi connectivity index (χ0n) is 22.4. The van der Waals surface area contributed by atoms with Crippen LogP contribution >= 0.6 is 0 Å². The van der Waals surface area contributed by atoms with E-state index in [0.717, 1.165) is 5.56 Å². The van der Waals surface area contributed by atoms with Crippen molar-refractivity contribution in [3.63, 3.8) is 0 Å². The molecule has 0 spiro atoms. The first-order valence-electron chi connectivity index (χ1n) is 12.5. The molecule has 0 saturated carbocycles. The number of rotatable bonds is 7. The van der Waals surface area contributed by atoms with Gasteiger partial charge in [-0.15, -0.1) is 0 Å². The number of hydrogen-bond acceptors (Lipinski definition) is 7. The topological polar surface area (TPSA) is 91.4 Å². The highest BCUT2D eigenvalue weighted by Gasteiger charge is 2.70. The molecule has 9 heteroatoms. The van der Waals surface area contributed by atoms with Gasteiger partial charge in [0.05, 0.1) is 18.1 Å². The molecule has 0 N–H and O–H groups in total. The Labute approximate surface area is 214 Å². The maximum absolute atomic E-state index is 13.5. The van der Waals surface area contributed by atoms with E-state index >= 15 is 0 Å². The van der Waals surface area contributed by atoms with Gasteiger partial charge >= 0.3 is 11.9 Å². The molecule has 36 heavy (non-hydrogen) atoms. The average molecular weight is 516 g/mol. The number of fused-ring (bicyclic) bond motifs is 3. The Kier molecular flexibility index (Phi) is 6.72. The van der Waals surface area contributed by atoms with Crippen molar-refractivity contribution in [2.45, 2.75) is 96.7 Å². The molecule has 3 heterocycles. The molecule has 2 fully saturated rings. The number of benzene rings is 1. The van der Waals surface area contributed by atoms with Crippen LogP contribution in [-0.4, -0.2) is 55.1 Å². The van der Waals surface area contributed by atoms with Gasteiger partial charge in [0.1, 0.15) is 17.9 Å². The highest BCUT2D eigenvalue weighted by molar-refractivity contribution is 6.74. The molecule has 8 nitrogen and oxygen atoms in total. The summed E-state index contributed by atoms with van der Waals surface area (Å²) in [6.45, 7) is 16.0. The maximum atomic E-state index is 13.5. The zero-order valence-corrected chi connectivity index (χ0v) is 23.4. The van der Waals surface area contributed by atoms with Gasteiger partial charge in [0.2, 0.25) is 12.2 Å². The molecule has 3 aliphatic rings. The minimum absolute atomic E-state index is 0.0204. The Morgan fingerprint density at radius 1 is 1.22 bits per heavy atom. The monoisotopic (exact) mass is 515 g/mol. The van der Waals surface area contributed by atoms with Gasteiger partial charge in [-0.1, -0.05) is 51.1 Å². The smallest absolute Gasteiger partial charge is 0.355 e. The van der Waals surface area contributed by atoms with Crippen LogP contribution in [0.3, 0.4) is 0 Å². The zero-order chi connectivity index (χ0) is 26.6. The van der Waals surface area contributed by atoms with Crippen molar-refractivity contribution in [3.05, 3.63) is 47.2 Å². The summed E-state index contributed by atoms with van der Waals surface area (Å²) in [5.41, 5.74) is 0.699. The van der Waals surface area contributed by atoms with Crippen LogP contribution in [-0.2, 0) is 39.6 Å². The molecule has 1 aromatic rings. The van der Waals surface area contributed by atoms with E-state index in [4.69, 9.17) is 18.6 Å². The van der Waals surface area contributed by atoms with Crippen LogP contribution in [0.1, 0.15) is 53.5 Å². The van der Waals surface area contributed by atoms with Gasteiger partial charge < -0.3 is 18.6 Å². The lowest BCUT2D eigenvalue weighted by Gasteiger charge is -2.52. The first-order valence-corrected chi connectivity index (χ1v) is 15.4. The average Bonchev–Trinajstić information content (AvgIpc) is 3.17. The van der Waals surface area contributed by atoms with E-state index in [9.17, 15) is 14.4 Å². The summed E-state index contributed by atoms with van der Waals surface area (Å²) in [5.74, 6) is -1.72. The van der Waals surface area contributed by atoms with Gasteiger partial charge in [-0.25, -0.2) is 4.79 Å². The lowest BCUT2D eigenvalue weighted by Crippen LogP contribution is -2.69. The lowest BCUT2D eigenvalue weighted by molar-refractivity contribution is -0.206. The fourth-order valence-electron chi connectivity index (χ4n) is 5.27. The third kappa shape index (κ3) is 4.41. The number of hydrogen-bond donors (Lipinski definition) is 0. The molecule has 196 valence electrons. The van der Waals surface area contributed by atoms with E-state index in [0.29, 0.717) is 5.57 Å². The van der Waals surface area contributed by atoms with Crippen LogP contribution in [0, 0.1) is 5.92 Å². The van der Waals surface area contributed by atoms with Crippen molar-refractivity contribution < 1.29 is 33.0 Å². The molecule has 1 amide bonds. The normalized spacial score (nSPS) is 28.4. The predicted octanol–water partition coefficient (Wildman–Crippen LogP) is 4.30. The van der Waals surface area contributed by atoms with Crippen molar-refractivity contribution >= 4 is 26.2 Å². The Morgan fingerprint density at radius 3 is 2.44 bits per heavy atom. The van der Waals surface area contributed by atoms with Crippen LogP contribution in [0.25, 0.3) is 0 Å². The second-order valence-corrected chi connectivity index (χ2v) is 16.4. The number of carbonyl (C=O) groups is 3. The molecule has 3 aliphatic heterocycles. The summed E-state index contributed by atoms with van der Waals surface area (Å²) in [6.07, 6.45) is -0.987. The van der Waals surface area contributed by atoms with E-state index in [-0.39, 0.29) is 35.8 Å². The van der Waals surface area contributed by atoms with E-state index in [1.807, 2.05) is 44.2 Å².